The summed E-state index contributed by atoms with van der Waals surface area (Å²) >= 11 is 0. The number of carbonyl (C=O) groups is 2. The first-order valence-corrected chi connectivity index (χ1v) is 7.72. The number of carbonyl (C=O) groups excluding carboxylic acids is 2. The number of hydrogen-bond donors (Lipinski definition) is 0. The fraction of sp³-hybridized carbons (Fsp3) is 0.438. The molecule has 2 heterocycles. The SMILES string of the molecule is CCOC(=O)N1CCN(C(=O)Cc2noc3ccccc23)CC1. The van der Waals surface area contributed by atoms with Gasteiger partial charge in [-0.3, -0.25) is 4.79 Å². The third kappa shape index (κ3) is 3.28. The van der Waals surface area contributed by atoms with Crippen LogP contribution in [0.1, 0.15) is 12.6 Å². The van der Waals surface area contributed by atoms with Gasteiger partial charge in [0.05, 0.1) is 13.0 Å². The molecule has 0 radical (unpaired) electrons. The van der Waals surface area contributed by atoms with Gasteiger partial charge in [0.1, 0.15) is 5.69 Å². The molecule has 2 aromatic rings. The zero-order valence-electron chi connectivity index (χ0n) is 13.0. The van der Waals surface area contributed by atoms with Gasteiger partial charge in [0.2, 0.25) is 5.91 Å². The van der Waals surface area contributed by atoms with Crippen molar-refractivity contribution < 1.29 is 18.8 Å². The van der Waals surface area contributed by atoms with Crippen LogP contribution in [0.3, 0.4) is 0 Å². The molecule has 0 aliphatic carbocycles. The number of aromatic nitrogens is 1. The predicted molar refractivity (Wildman–Crippen MR) is 82.9 cm³/mol. The lowest BCUT2D eigenvalue weighted by atomic mass is 10.1. The molecule has 0 unspecified atom stereocenters. The molecule has 122 valence electrons. The van der Waals surface area contributed by atoms with Gasteiger partial charge in [-0.05, 0) is 19.1 Å². The van der Waals surface area contributed by atoms with Crippen molar-refractivity contribution in [3.8, 4) is 0 Å². The average Bonchev–Trinajstić information content (AvgIpc) is 2.98. The topological polar surface area (TPSA) is 75.9 Å². The summed E-state index contributed by atoms with van der Waals surface area (Å²) in [7, 11) is 0. The van der Waals surface area contributed by atoms with Gasteiger partial charge < -0.3 is 19.1 Å². The molecule has 1 saturated heterocycles. The van der Waals surface area contributed by atoms with E-state index in [1.807, 2.05) is 24.3 Å². The van der Waals surface area contributed by atoms with E-state index in [4.69, 9.17) is 9.26 Å². The fourth-order valence-corrected chi connectivity index (χ4v) is 2.67. The van der Waals surface area contributed by atoms with Crippen molar-refractivity contribution in [2.45, 2.75) is 13.3 Å². The van der Waals surface area contributed by atoms with Gasteiger partial charge in [-0.1, -0.05) is 17.3 Å². The van der Waals surface area contributed by atoms with E-state index in [1.165, 1.54) is 0 Å². The molecule has 0 N–H and O–H groups in total. The molecule has 23 heavy (non-hydrogen) atoms. The molecule has 1 fully saturated rings. The quantitative estimate of drug-likeness (QED) is 0.861. The highest BCUT2D eigenvalue weighted by Gasteiger charge is 2.25. The Balaban J connectivity index is 1.59. The van der Waals surface area contributed by atoms with Crippen molar-refractivity contribution in [1.29, 1.82) is 0 Å². The normalized spacial score (nSPS) is 15.0. The van der Waals surface area contributed by atoms with Gasteiger partial charge in [-0.25, -0.2) is 4.79 Å². The summed E-state index contributed by atoms with van der Waals surface area (Å²) < 4.78 is 10.2. The molecule has 1 aliphatic heterocycles. The van der Waals surface area contributed by atoms with Crippen LogP contribution in [0.2, 0.25) is 0 Å². The summed E-state index contributed by atoms with van der Waals surface area (Å²) in [4.78, 5) is 27.4. The van der Waals surface area contributed by atoms with Gasteiger partial charge in [-0.2, -0.15) is 0 Å². The largest absolute Gasteiger partial charge is 0.450 e. The van der Waals surface area contributed by atoms with Crippen molar-refractivity contribution in [2.24, 2.45) is 0 Å². The Morgan fingerprint density at radius 1 is 1.17 bits per heavy atom. The highest BCUT2D eigenvalue weighted by Crippen LogP contribution is 2.19. The Bertz CT molecular complexity index is 704. The monoisotopic (exact) mass is 317 g/mol. The maximum absolute atomic E-state index is 12.4. The minimum Gasteiger partial charge on any atom is -0.450 e. The van der Waals surface area contributed by atoms with Crippen molar-refractivity contribution in [3.05, 3.63) is 30.0 Å². The minimum atomic E-state index is -0.318. The van der Waals surface area contributed by atoms with Crippen LogP contribution in [0, 0.1) is 0 Å². The van der Waals surface area contributed by atoms with E-state index < -0.39 is 0 Å². The van der Waals surface area contributed by atoms with Gasteiger partial charge in [0.25, 0.3) is 0 Å². The Morgan fingerprint density at radius 3 is 2.61 bits per heavy atom. The standard InChI is InChI=1S/C16H19N3O4/c1-2-22-16(21)19-9-7-18(8-10-19)15(20)11-13-12-5-3-4-6-14(12)23-17-13/h3-6H,2,7-11H2,1H3. The molecule has 0 bridgehead atoms. The van der Waals surface area contributed by atoms with Crippen LogP contribution in [0.5, 0.6) is 0 Å². The Labute approximate surface area is 133 Å². The Morgan fingerprint density at radius 2 is 1.87 bits per heavy atom. The second-order valence-electron chi connectivity index (χ2n) is 5.37. The maximum Gasteiger partial charge on any atom is 0.409 e. The molecule has 1 aromatic carbocycles. The van der Waals surface area contributed by atoms with Crippen molar-refractivity contribution in [1.82, 2.24) is 15.0 Å². The van der Waals surface area contributed by atoms with Crippen LogP contribution in [0.15, 0.2) is 28.8 Å². The lowest BCUT2D eigenvalue weighted by Gasteiger charge is -2.34. The molecule has 0 atom stereocenters. The number of hydrogen-bond acceptors (Lipinski definition) is 5. The van der Waals surface area contributed by atoms with Crippen molar-refractivity contribution in [3.63, 3.8) is 0 Å². The summed E-state index contributed by atoms with van der Waals surface area (Å²) in [6.07, 6.45) is -0.113. The molecule has 7 nitrogen and oxygen atoms in total. The first kappa shape index (κ1) is 15.3. The molecular formula is C16H19N3O4. The molecule has 1 aromatic heterocycles. The predicted octanol–water partition coefficient (Wildman–Crippen LogP) is 1.67. The third-order valence-corrected chi connectivity index (χ3v) is 3.93. The van der Waals surface area contributed by atoms with Crippen LogP contribution in [-0.2, 0) is 16.0 Å². The van der Waals surface area contributed by atoms with E-state index in [1.54, 1.807) is 16.7 Å². The summed E-state index contributed by atoms with van der Waals surface area (Å²) in [5, 5.41) is 4.86. The number of rotatable bonds is 3. The number of benzene rings is 1. The van der Waals surface area contributed by atoms with E-state index >= 15 is 0 Å². The van der Waals surface area contributed by atoms with Crippen molar-refractivity contribution in [2.75, 3.05) is 32.8 Å². The molecular weight excluding hydrogens is 298 g/mol. The molecule has 2 amide bonds. The molecule has 3 rings (SSSR count). The second-order valence-corrected chi connectivity index (χ2v) is 5.37. The lowest BCUT2D eigenvalue weighted by Crippen LogP contribution is -2.51. The lowest BCUT2D eigenvalue weighted by molar-refractivity contribution is -0.132. The van der Waals surface area contributed by atoms with Crippen molar-refractivity contribution >= 4 is 23.0 Å². The smallest absolute Gasteiger partial charge is 0.409 e. The first-order valence-electron chi connectivity index (χ1n) is 7.72. The maximum atomic E-state index is 12.4. The summed E-state index contributed by atoms with van der Waals surface area (Å²) in [5.74, 6) is -0.00689. The summed E-state index contributed by atoms with van der Waals surface area (Å²) in [6, 6.07) is 7.49. The van der Waals surface area contributed by atoms with E-state index in [0.717, 1.165) is 5.39 Å². The first-order chi connectivity index (χ1) is 11.2. The number of piperazine rings is 1. The number of ether oxygens (including phenoxy) is 1. The van der Waals surface area contributed by atoms with Crippen LogP contribution >= 0.6 is 0 Å². The fourth-order valence-electron chi connectivity index (χ4n) is 2.67. The highest BCUT2D eigenvalue weighted by atomic mass is 16.6. The van der Waals surface area contributed by atoms with Gasteiger partial charge in [0.15, 0.2) is 5.58 Å². The molecule has 1 aliphatic rings. The Hall–Kier alpha value is -2.57. The van der Waals surface area contributed by atoms with Crippen LogP contribution in [0.4, 0.5) is 4.79 Å². The average molecular weight is 317 g/mol. The summed E-state index contributed by atoms with van der Waals surface area (Å²) in [5.41, 5.74) is 1.33. The number of para-hydroxylation sites is 1. The second kappa shape index (κ2) is 6.68. The number of fused-ring (bicyclic) bond motifs is 1. The zero-order chi connectivity index (χ0) is 16.2. The van der Waals surface area contributed by atoms with Gasteiger partial charge in [-0.15, -0.1) is 0 Å². The van der Waals surface area contributed by atoms with E-state index in [9.17, 15) is 9.59 Å². The van der Waals surface area contributed by atoms with Gasteiger partial charge >= 0.3 is 6.09 Å². The van der Waals surface area contributed by atoms with Gasteiger partial charge in [0, 0.05) is 31.6 Å². The third-order valence-electron chi connectivity index (χ3n) is 3.93. The molecule has 0 saturated carbocycles. The van der Waals surface area contributed by atoms with E-state index in [2.05, 4.69) is 5.16 Å². The number of amides is 2. The zero-order valence-corrected chi connectivity index (χ0v) is 13.0. The molecule has 7 heteroatoms. The van der Waals surface area contributed by atoms with E-state index in [-0.39, 0.29) is 18.4 Å². The van der Waals surface area contributed by atoms with Crippen LogP contribution in [0.25, 0.3) is 11.0 Å². The summed E-state index contributed by atoms with van der Waals surface area (Å²) in [6.45, 7) is 4.13. The Kier molecular flexibility index (Phi) is 4.45. The molecule has 0 spiro atoms. The van der Waals surface area contributed by atoms with Crippen LogP contribution in [-0.4, -0.2) is 59.7 Å². The highest BCUT2D eigenvalue weighted by molar-refractivity contribution is 5.86. The number of nitrogens with zero attached hydrogens (tertiary/aromatic N) is 3. The van der Waals surface area contributed by atoms with Crippen LogP contribution < -0.4 is 0 Å². The minimum absolute atomic E-state index is 0.00689. The van der Waals surface area contributed by atoms with E-state index in [0.29, 0.717) is 44.1 Å².